The molecule has 0 atom stereocenters. The highest BCUT2D eigenvalue weighted by atomic mass is 35.5. The fraction of sp³-hybridized carbons (Fsp3) is 0.333. The van der Waals surface area contributed by atoms with E-state index in [1.807, 2.05) is 30.3 Å². The number of rotatable bonds is 6. The second kappa shape index (κ2) is 8.42. The summed E-state index contributed by atoms with van der Waals surface area (Å²) in [6.45, 7) is 3.62. The second-order valence-electron chi connectivity index (χ2n) is 5.70. The van der Waals surface area contributed by atoms with Crippen molar-refractivity contribution in [3.05, 3.63) is 42.2 Å². The zero-order chi connectivity index (χ0) is 16.9. The molecule has 0 unspecified atom stereocenters. The lowest BCUT2D eigenvalue weighted by Gasteiger charge is -2.15. The van der Waals surface area contributed by atoms with Gasteiger partial charge in [-0.15, -0.1) is 17.5 Å². The van der Waals surface area contributed by atoms with Crippen LogP contribution < -0.4 is 16.4 Å². The molecule has 1 heterocycles. The Morgan fingerprint density at radius 3 is 2.54 bits per heavy atom. The molecule has 130 valence electrons. The van der Waals surface area contributed by atoms with Gasteiger partial charge < -0.3 is 11.1 Å². The zero-order valence-electron chi connectivity index (χ0n) is 13.5. The van der Waals surface area contributed by atoms with Gasteiger partial charge in [-0.1, -0.05) is 30.3 Å². The summed E-state index contributed by atoms with van der Waals surface area (Å²) in [5, 5.41) is 9.30. The quantitative estimate of drug-likeness (QED) is 0.707. The number of hydrogen-bond donors (Lipinski definition) is 3. The first-order chi connectivity index (χ1) is 10.8. The zero-order valence-corrected chi connectivity index (χ0v) is 14.3. The summed E-state index contributed by atoms with van der Waals surface area (Å²) in [6.07, 6.45) is 1.38. The van der Waals surface area contributed by atoms with Gasteiger partial charge in [-0.05, 0) is 19.4 Å². The predicted molar refractivity (Wildman–Crippen MR) is 92.5 cm³/mol. The molecule has 1 aromatic carbocycles. The molecule has 0 saturated carbocycles. The predicted octanol–water partition coefficient (Wildman–Crippen LogP) is 0.692. The van der Waals surface area contributed by atoms with Gasteiger partial charge in [0.15, 0.2) is 0 Å². The van der Waals surface area contributed by atoms with Crippen molar-refractivity contribution in [2.45, 2.75) is 32.5 Å². The molecule has 0 saturated heterocycles. The molecular formula is C15H21ClN6O2. The fourth-order valence-electron chi connectivity index (χ4n) is 1.69. The second-order valence-corrected chi connectivity index (χ2v) is 5.70. The standard InChI is InChI=1S/C15H20N6O2.ClH/c1-15(2,16)13(23)19-14-18-10-21(20-14)9-12(22)17-8-11-6-4-3-5-7-11;/h3-7,10H,8-9,16H2,1-2H3,(H,17,22)(H,19,20,23);1H. The Bertz CT molecular complexity index is 681. The van der Waals surface area contributed by atoms with E-state index < -0.39 is 11.4 Å². The number of anilines is 1. The van der Waals surface area contributed by atoms with Crippen molar-refractivity contribution in [1.29, 1.82) is 0 Å². The third-order valence-corrected chi connectivity index (χ3v) is 2.99. The maximum absolute atomic E-state index is 11.9. The van der Waals surface area contributed by atoms with Crippen molar-refractivity contribution in [3.8, 4) is 0 Å². The highest BCUT2D eigenvalue weighted by molar-refractivity contribution is 5.95. The number of hydrogen-bond acceptors (Lipinski definition) is 5. The summed E-state index contributed by atoms with van der Waals surface area (Å²) in [7, 11) is 0. The first kappa shape index (κ1) is 19.6. The number of carbonyl (C=O) groups is 2. The molecule has 2 amide bonds. The number of nitrogens with one attached hydrogen (secondary N) is 2. The van der Waals surface area contributed by atoms with Crippen molar-refractivity contribution in [1.82, 2.24) is 20.1 Å². The molecule has 0 bridgehead atoms. The largest absolute Gasteiger partial charge is 0.350 e. The first-order valence-corrected chi connectivity index (χ1v) is 7.15. The molecule has 0 fully saturated rings. The Labute approximate surface area is 146 Å². The summed E-state index contributed by atoms with van der Waals surface area (Å²) in [5.74, 6) is -0.482. The van der Waals surface area contributed by atoms with E-state index in [4.69, 9.17) is 5.73 Å². The third kappa shape index (κ3) is 5.98. The number of halogens is 1. The number of amides is 2. The van der Waals surface area contributed by atoms with Crippen LogP contribution in [0.4, 0.5) is 5.95 Å². The molecule has 24 heavy (non-hydrogen) atoms. The van der Waals surface area contributed by atoms with Crippen LogP contribution >= 0.6 is 12.4 Å². The molecule has 0 aliphatic heterocycles. The van der Waals surface area contributed by atoms with Gasteiger partial charge in [-0.2, -0.15) is 0 Å². The van der Waals surface area contributed by atoms with E-state index in [0.717, 1.165) is 5.56 Å². The lowest BCUT2D eigenvalue weighted by Crippen LogP contribution is -2.45. The third-order valence-electron chi connectivity index (χ3n) is 2.99. The SMILES string of the molecule is CC(C)(N)C(=O)Nc1ncn(CC(=O)NCc2ccccc2)n1.Cl. The van der Waals surface area contributed by atoms with Crippen LogP contribution in [0.15, 0.2) is 36.7 Å². The van der Waals surface area contributed by atoms with Crippen LogP contribution in [0, 0.1) is 0 Å². The molecule has 0 radical (unpaired) electrons. The smallest absolute Gasteiger partial charge is 0.248 e. The van der Waals surface area contributed by atoms with Gasteiger partial charge >= 0.3 is 0 Å². The Balaban J connectivity index is 0.00000288. The van der Waals surface area contributed by atoms with Crippen molar-refractivity contribution < 1.29 is 9.59 Å². The topological polar surface area (TPSA) is 115 Å². The maximum Gasteiger partial charge on any atom is 0.248 e. The minimum atomic E-state index is -1.03. The molecule has 2 aromatic rings. The van der Waals surface area contributed by atoms with Crippen LogP contribution in [0.5, 0.6) is 0 Å². The van der Waals surface area contributed by atoms with Crippen LogP contribution in [0.1, 0.15) is 19.4 Å². The van der Waals surface area contributed by atoms with E-state index in [2.05, 4.69) is 20.7 Å². The van der Waals surface area contributed by atoms with Crippen LogP contribution in [-0.2, 0) is 22.7 Å². The molecule has 1 aromatic heterocycles. The van der Waals surface area contributed by atoms with Crippen LogP contribution in [0.3, 0.4) is 0 Å². The van der Waals surface area contributed by atoms with Crippen molar-refractivity contribution in [2.24, 2.45) is 5.73 Å². The van der Waals surface area contributed by atoms with E-state index >= 15 is 0 Å². The highest BCUT2D eigenvalue weighted by Crippen LogP contribution is 2.03. The fourth-order valence-corrected chi connectivity index (χ4v) is 1.69. The summed E-state index contributed by atoms with van der Waals surface area (Å²) in [4.78, 5) is 27.5. The lowest BCUT2D eigenvalue weighted by molar-refractivity contribution is -0.122. The monoisotopic (exact) mass is 352 g/mol. The lowest BCUT2D eigenvalue weighted by atomic mass is 10.1. The van der Waals surface area contributed by atoms with E-state index in [0.29, 0.717) is 6.54 Å². The maximum atomic E-state index is 11.9. The molecule has 0 aliphatic carbocycles. The molecule has 9 heteroatoms. The minimum Gasteiger partial charge on any atom is -0.350 e. The Morgan fingerprint density at radius 1 is 1.25 bits per heavy atom. The molecular weight excluding hydrogens is 332 g/mol. The molecule has 0 spiro atoms. The summed E-state index contributed by atoms with van der Waals surface area (Å²) >= 11 is 0. The number of nitrogens with zero attached hydrogens (tertiary/aromatic N) is 3. The normalized spacial score (nSPS) is 10.6. The van der Waals surface area contributed by atoms with E-state index in [-0.39, 0.29) is 30.8 Å². The Morgan fingerprint density at radius 2 is 1.92 bits per heavy atom. The number of nitrogens with two attached hydrogens (primary N) is 1. The highest BCUT2D eigenvalue weighted by Gasteiger charge is 2.23. The van der Waals surface area contributed by atoms with Crippen LogP contribution in [-0.4, -0.2) is 32.1 Å². The number of benzene rings is 1. The Kier molecular flexibility index (Phi) is 6.87. The number of carbonyl (C=O) groups excluding carboxylic acids is 2. The molecule has 0 aliphatic rings. The van der Waals surface area contributed by atoms with Gasteiger partial charge in [0.2, 0.25) is 17.8 Å². The average molecular weight is 353 g/mol. The van der Waals surface area contributed by atoms with Crippen LogP contribution in [0.25, 0.3) is 0 Å². The average Bonchev–Trinajstić information content (AvgIpc) is 2.92. The molecule has 8 nitrogen and oxygen atoms in total. The van der Waals surface area contributed by atoms with Gasteiger partial charge in [0.1, 0.15) is 12.9 Å². The molecule has 2 rings (SSSR count). The summed E-state index contributed by atoms with van der Waals surface area (Å²) < 4.78 is 1.35. The first-order valence-electron chi connectivity index (χ1n) is 7.15. The van der Waals surface area contributed by atoms with E-state index in [9.17, 15) is 9.59 Å². The van der Waals surface area contributed by atoms with Crippen molar-refractivity contribution >= 4 is 30.2 Å². The molecule has 4 N–H and O–H groups in total. The van der Waals surface area contributed by atoms with Crippen molar-refractivity contribution in [3.63, 3.8) is 0 Å². The van der Waals surface area contributed by atoms with Gasteiger partial charge in [-0.3, -0.25) is 14.9 Å². The van der Waals surface area contributed by atoms with Crippen molar-refractivity contribution in [2.75, 3.05) is 5.32 Å². The van der Waals surface area contributed by atoms with Gasteiger partial charge in [0.05, 0.1) is 5.54 Å². The van der Waals surface area contributed by atoms with Crippen LogP contribution in [0.2, 0.25) is 0 Å². The summed E-state index contributed by atoms with van der Waals surface area (Å²) in [5.41, 5.74) is 5.65. The Hall–Kier alpha value is -2.45. The van der Waals surface area contributed by atoms with Gasteiger partial charge in [-0.25, -0.2) is 9.67 Å². The van der Waals surface area contributed by atoms with Gasteiger partial charge in [0, 0.05) is 6.54 Å². The minimum absolute atomic E-state index is 0. The number of aromatic nitrogens is 3. The van der Waals surface area contributed by atoms with E-state index in [1.165, 1.54) is 11.0 Å². The van der Waals surface area contributed by atoms with Gasteiger partial charge in [0.25, 0.3) is 0 Å². The van der Waals surface area contributed by atoms with E-state index in [1.54, 1.807) is 13.8 Å². The summed E-state index contributed by atoms with van der Waals surface area (Å²) in [6, 6.07) is 9.59.